The Hall–Kier alpha value is -0.730. The van der Waals surface area contributed by atoms with E-state index in [0.29, 0.717) is 16.5 Å². The van der Waals surface area contributed by atoms with Crippen molar-refractivity contribution in [3.8, 4) is 0 Å². The van der Waals surface area contributed by atoms with Crippen molar-refractivity contribution in [2.75, 3.05) is 5.32 Å². The molecule has 0 aliphatic carbocycles. The lowest BCUT2D eigenvalue weighted by atomic mass is 10.3. The van der Waals surface area contributed by atoms with Crippen LogP contribution in [0.1, 0.15) is 10.4 Å². The number of carbonyl (C=O) groups excluding carboxylic acids is 1. The lowest BCUT2D eigenvalue weighted by molar-refractivity contribution is 0.102. The Labute approximate surface area is 114 Å². The summed E-state index contributed by atoms with van der Waals surface area (Å²) in [7, 11) is 0. The fourth-order valence-corrected chi connectivity index (χ4v) is 2.49. The molecule has 0 spiro atoms. The van der Waals surface area contributed by atoms with Crippen LogP contribution in [0.25, 0.3) is 0 Å². The number of halogens is 2. The van der Waals surface area contributed by atoms with Gasteiger partial charge in [-0.3, -0.25) is 4.79 Å². The van der Waals surface area contributed by atoms with E-state index in [9.17, 15) is 4.79 Å². The van der Waals surface area contributed by atoms with Crippen LogP contribution in [-0.2, 0) is 0 Å². The van der Waals surface area contributed by atoms with Gasteiger partial charge in [0.25, 0.3) is 5.91 Å². The van der Waals surface area contributed by atoms with Gasteiger partial charge in [-0.15, -0.1) is 11.3 Å². The van der Waals surface area contributed by atoms with E-state index >= 15 is 0 Å². The minimum atomic E-state index is -0.200. The van der Waals surface area contributed by atoms with Crippen LogP contribution in [0.3, 0.4) is 0 Å². The van der Waals surface area contributed by atoms with E-state index in [-0.39, 0.29) is 5.91 Å². The molecule has 2 rings (SSSR count). The lowest BCUT2D eigenvalue weighted by Gasteiger charge is -2.01. The molecule has 16 heavy (non-hydrogen) atoms. The van der Waals surface area contributed by atoms with Gasteiger partial charge in [-0.1, -0.05) is 11.6 Å². The maximum atomic E-state index is 11.7. The van der Waals surface area contributed by atoms with Crippen molar-refractivity contribution >= 4 is 57.3 Å². The first-order chi connectivity index (χ1) is 7.65. The highest BCUT2D eigenvalue weighted by molar-refractivity contribution is 14.1. The van der Waals surface area contributed by atoms with Gasteiger partial charge in [0.15, 0.2) is 0 Å². The van der Waals surface area contributed by atoms with E-state index in [1.54, 1.807) is 5.38 Å². The minimum Gasteiger partial charge on any atom is -0.306 e. The Bertz CT molecular complexity index is 531. The first kappa shape index (κ1) is 11.7. The zero-order valence-electron chi connectivity index (χ0n) is 7.78. The number of nitrogens with zero attached hydrogens (tertiary/aromatic N) is 2. The second-order valence-corrected chi connectivity index (χ2v) is 6.01. The Morgan fingerprint density at radius 1 is 1.44 bits per heavy atom. The second kappa shape index (κ2) is 5.07. The highest BCUT2D eigenvalue weighted by Crippen LogP contribution is 2.18. The van der Waals surface area contributed by atoms with Crippen LogP contribution in [0.5, 0.6) is 0 Å². The topological polar surface area (TPSA) is 54.9 Å². The number of amides is 1. The molecule has 0 bridgehead atoms. The summed E-state index contributed by atoms with van der Waals surface area (Å²) in [6, 6.07) is 3.31. The Morgan fingerprint density at radius 3 is 2.88 bits per heavy atom. The molecule has 0 aliphatic rings. The van der Waals surface area contributed by atoms with Gasteiger partial charge >= 0.3 is 0 Å². The quantitative estimate of drug-likeness (QED) is 0.657. The Balaban J connectivity index is 2.13. The summed E-state index contributed by atoms with van der Waals surface area (Å²) in [4.78, 5) is 19.3. The summed E-state index contributed by atoms with van der Waals surface area (Å²) in [6.07, 6.45) is 1.30. The van der Waals surface area contributed by atoms with E-state index in [1.165, 1.54) is 23.7 Å². The standard InChI is InChI=1S/C9H5ClIN3OS/c10-6-2-8(13-4-12-6)14-9(15)5-1-7(11)16-3-5/h1-4H,(H,12,13,14,15). The van der Waals surface area contributed by atoms with Gasteiger partial charge in [0.2, 0.25) is 0 Å². The van der Waals surface area contributed by atoms with Crippen LogP contribution < -0.4 is 5.32 Å². The summed E-state index contributed by atoms with van der Waals surface area (Å²) in [5.41, 5.74) is 0.615. The second-order valence-electron chi connectivity index (χ2n) is 2.82. The Kier molecular flexibility index (Phi) is 3.72. The first-order valence-corrected chi connectivity index (χ1v) is 6.52. The van der Waals surface area contributed by atoms with Crippen molar-refractivity contribution in [2.45, 2.75) is 0 Å². The van der Waals surface area contributed by atoms with Crippen LogP contribution >= 0.6 is 45.5 Å². The number of aromatic nitrogens is 2. The molecule has 82 valence electrons. The predicted octanol–water partition coefficient (Wildman–Crippen LogP) is 3.05. The molecule has 0 saturated carbocycles. The number of rotatable bonds is 2. The van der Waals surface area contributed by atoms with Crippen molar-refractivity contribution in [3.63, 3.8) is 0 Å². The number of hydrogen-bond acceptors (Lipinski definition) is 4. The molecule has 0 aromatic carbocycles. The van der Waals surface area contributed by atoms with Gasteiger partial charge < -0.3 is 5.32 Å². The molecule has 0 fully saturated rings. The van der Waals surface area contributed by atoms with Crippen LogP contribution in [0.15, 0.2) is 23.8 Å². The molecule has 1 amide bonds. The monoisotopic (exact) mass is 365 g/mol. The molecule has 1 N–H and O–H groups in total. The molecule has 0 aliphatic heterocycles. The third kappa shape index (κ3) is 2.89. The number of nitrogens with one attached hydrogen (secondary N) is 1. The van der Waals surface area contributed by atoms with Gasteiger partial charge in [-0.2, -0.15) is 0 Å². The normalized spacial score (nSPS) is 10.1. The molecule has 0 atom stereocenters. The maximum Gasteiger partial charge on any atom is 0.257 e. The zero-order chi connectivity index (χ0) is 11.5. The average Bonchev–Trinajstić information content (AvgIpc) is 2.65. The maximum absolute atomic E-state index is 11.7. The first-order valence-electron chi connectivity index (χ1n) is 4.18. The van der Waals surface area contributed by atoms with E-state index in [0.717, 1.165) is 2.88 Å². The van der Waals surface area contributed by atoms with E-state index < -0.39 is 0 Å². The third-order valence-corrected chi connectivity index (χ3v) is 3.70. The van der Waals surface area contributed by atoms with E-state index in [1.807, 2.05) is 6.07 Å². The highest BCUT2D eigenvalue weighted by atomic mass is 127. The largest absolute Gasteiger partial charge is 0.306 e. The lowest BCUT2D eigenvalue weighted by Crippen LogP contribution is -2.12. The van der Waals surface area contributed by atoms with Crippen molar-refractivity contribution < 1.29 is 4.79 Å². The van der Waals surface area contributed by atoms with Crippen LogP contribution in [0.4, 0.5) is 5.82 Å². The summed E-state index contributed by atoms with van der Waals surface area (Å²) >= 11 is 9.35. The van der Waals surface area contributed by atoms with Gasteiger partial charge in [0.1, 0.15) is 17.3 Å². The molecule has 0 radical (unpaired) electrons. The minimum absolute atomic E-state index is 0.200. The predicted molar refractivity (Wildman–Crippen MR) is 72.0 cm³/mol. The summed E-state index contributed by atoms with van der Waals surface area (Å²) in [6.45, 7) is 0. The number of hydrogen-bond donors (Lipinski definition) is 1. The van der Waals surface area contributed by atoms with Crippen molar-refractivity contribution in [2.24, 2.45) is 0 Å². The average molecular weight is 366 g/mol. The van der Waals surface area contributed by atoms with Crippen LogP contribution in [0.2, 0.25) is 5.15 Å². The third-order valence-electron chi connectivity index (χ3n) is 1.70. The van der Waals surface area contributed by atoms with Crippen LogP contribution in [0, 0.1) is 2.88 Å². The zero-order valence-corrected chi connectivity index (χ0v) is 11.5. The SMILES string of the molecule is O=C(Nc1cc(Cl)ncn1)c1csc(I)c1. The van der Waals surface area contributed by atoms with Crippen LogP contribution in [-0.4, -0.2) is 15.9 Å². The molecular weight excluding hydrogens is 361 g/mol. The molecule has 2 aromatic rings. The van der Waals surface area contributed by atoms with Crippen molar-refractivity contribution in [1.82, 2.24) is 9.97 Å². The summed E-state index contributed by atoms with van der Waals surface area (Å²) < 4.78 is 1.06. The fourth-order valence-electron chi connectivity index (χ4n) is 1.02. The highest BCUT2D eigenvalue weighted by Gasteiger charge is 2.08. The molecular formula is C9H5ClIN3OS. The van der Waals surface area contributed by atoms with Crippen molar-refractivity contribution in [3.05, 3.63) is 37.4 Å². The molecule has 0 saturated heterocycles. The van der Waals surface area contributed by atoms with Gasteiger partial charge in [-0.25, -0.2) is 9.97 Å². The molecule has 7 heteroatoms. The van der Waals surface area contributed by atoms with Gasteiger partial charge in [0, 0.05) is 11.4 Å². The smallest absolute Gasteiger partial charge is 0.257 e. The molecule has 2 heterocycles. The van der Waals surface area contributed by atoms with E-state index in [4.69, 9.17) is 11.6 Å². The summed E-state index contributed by atoms with van der Waals surface area (Å²) in [5.74, 6) is 0.195. The number of thiophene rings is 1. The summed E-state index contributed by atoms with van der Waals surface area (Å²) in [5, 5.41) is 4.73. The molecule has 4 nitrogen and oxygen atoms in total. The fraction of sp³-hybridized carbons (Fsp3) is 0. The van der Waals surface area contributed by atoms with E-state index in [2.05, 4.69) is 37.9 Å². The molecule has 2 aromatic heterocycles. The number of anilines is 1. The Morgan fingerprint density at radius 2 is 2.25 bits per heavy atom. The number of carbonyl (C=O) groups is 1. The van der Waals surface area contributed by atoms with Gasteiger partial charge in [-0.05, 0) is 28.7 Å². The molecule has 0 unspecified atom stereocenters. The van der Waals surface area contributed by atoms with Crippen molar-refractivity contribution in [1.29, 1.82) is 0 Å². The van der Waals surface area contributed by atoms with Gasteiger partial charge in [0.05, 0.1) is 8.45 Å².